The van der Waals surface area contributed by atoms with Crippen molar-refractivity contribution in [1.29, 1.82) is 0 Å². The predicted octanol–water partition coefficient (Wildman–Crippen LogP) is 0.401. The van der Waals surface area contributed by atoms with Crippen LogP contribution in [0.3, 0.4) is 0 Å². The van der Waals surface area contributed by atoms with Crippen LogP contribution in [0.2, 0.25) is 0 Å². The van der Waals surface area contributed by atoms with Gasteiger partial charge in [-0.25, -0.2) is 0 Å². The highest BCUT2D eigenvalue weighted by Crippen LogP contribution is 2.27. The first kappa shape index (κ1) is 19.6. The van der Waals surface area contributed by atoms with Crippen LogP contribution in [-0.2, 0) is 20.9 Å². The highest BCUT2D eigenvalue weighted by atomic mass is 16.5. The summed E-state index contributed by atoms with van der Waals surface area (Å²) in [5.41, 5.74) is 0.846. The zero-order valence-corrected chi connectivity index (χ0v) is 15.4. The monoisotopic (exact) mass is 363 g/mol. The molecule has 1 aliphatic rings. The van der Waals surface area contributed by atoms with Crippen LogP contribution < -0.4 is 14.8 Å². The summed E-state index contributed by atoms with van der Waals surface area (Å²) < 4.78 is 10.4. The summed E-state index contributed by atoms with van der Waals surface area (Å²) in [6, 6.07) is 5.37. The quantitative estimate of drug-likeness (QED) is 0.739. The molecule has 1 aromatic carbocycles. The number of benzene rings is 1. The lowest BCUT2D eigenvalue weighted by Gasteiger charge is -2.34. The fourth-order valence-corrected chi connectivity index (χ4v) is 2.77. The lowest BCUT2D eigenvalue weighted by Crippen LogP contribution is -2.50. The van der Waals surface area contributed by atoms with Crippen molar-refractivity contribution in [1.82, 2.24) is 15.1 Å². The molecule has 0 atom stereocenters. The number of piperazine rings is 1. The average molecular weight is 363 g/mol. The summed E-state index contributed by atoms with van der Waals surface area (Å²) >= 11 is 0. The lowest BCUT2D eigenvalue weighted by molar-refractivity contribution is -0.141. The Hall–Kier alpha value is -2.77. The number of rotatable bonds is 6. The maximum absolute atomic E-state index is 12.2. The fraction of sp³-hybridized carbons (Fsp3) is 0.500. The van der Waals surface area contributed by atoms with Crippen molar-refractivity contribution < 1.29 is 23.9 Å². The van der Waals surface area contributed by atoms with Gasteiger partial charge >= 0.3 is 0 Å². The van der Waals surface area contributed by atoms with Gasteiger partial charge in [-0.05, 0) is 17.7 Å². The zero-order chi connectivity index (χ0) is 19.1. The Bertz CT molecular complexity index is 669. The molecule has 0 aliphatic carbocycles. The Morgan fingerprint density at radius 3 is 2.19 bits per heavy atom. The summed E-state index contributed by atoms with van der Waals surface area (Å²) in [7, 11) is 3.10. The van der Waals surface area contributed by atoms with E-state index >= 15 is 0 Å². The molecule has 0 bridgehead atoms. The average Bonchev–Trinajstić information content (AvgIpc) is 2.66. The molecule has 0 radical (unpaired) electrons. The number of carbonyl (C=O) groups is 3. The molecule has 8 heteroatoms. The molecule has 0 saturated carbocycles. The minimum atomic E-state index is -0.334. The minimum Gasteiger partial charge on any atom is -0.493 e. The van der Waals surface area contributed by atoms with Crippen molar-refractivity contribution in [2.45, 2.75) is 19.9 Å². The summed E-state index contributed by atoms with van der Waals surface area (Å²) in [4.78, 5) is 38.9. The molecule has 1 aromatic rings. The maximum atomic E-state index is 12.2. The largest absolute Gasteiger partial charge is 0.493 e. The highest BCUT2D eigenvalue weighted by molar-refractivity contribution is 5.97. The Kier molecular flexibility index (Phi) is 6.82. The van der Waals surface area contributed by atoms with Crippen molar-refractivity contribution >= 4 is 17.7 Å². The highest BCUT2D eigenvalue weighted by Gasteiger charge is 2.23. The normalized spacial score (nSPS) is 14.0. The Morgan fingerprint density at radius 2 is 1.62 bits per heavy atom. The van der Waals surface area contributed by atoms with Gasteiger partial charge in [-0.2, -0.15) is 0 Å². The molecule has 2 rings (SSSR count). The van der Waals surface area contributed by atoms with Gasteiger partial charge in [0, 0.05) is 39.6 Å². The van der Waals surface area contributed by atoms with Gasteiger partial charge in [-0.1, -0.05) is 6.07 Å². The van der Waals surface area contributed by atoms with Gasteiger partial charge in [-0.3, -0.25) is 14.4 Å². The van der Waals surface area contributed by atoms with E-state index in [1.807, 2.05) is 6.07 Å². The molecule has 26 heavy (non-hydrogen) atoms. The van der Waals surface area contributed by atoms with Crippen LogP contribution in [0.25, 0.3) is 0 Å². The summed E-state index contributed by atoms with van der Waals surface area (Å²) in [5, 5.41) is 2.74. The van der Waals surface area contributed by atoms with E-state index in [2.05, 4.69) is 5.32 Å². The molecule has 1 N–H and O–H groups in total. The maximum Gasteiger partial charge on any atom is 0.232 e. The first-order chi connectivity index (χ1) is 12.4. The van der Waals surface area contributed by atoms with Crippen LogP contribution in [-0.4, -0.2) is 67.9 Å². The third-order valence-corrected chi connectivity index (χ3v) is 4.33. The second-order valence-electron chi connectivity index (χ2n) is 6.03. The van der Waals surface area contributed by atoms with Crippen molar-refractivity contribution in [3.05, 3.63) is 23.8 Å². The second-order valence-corrected chi connectivity index (χ2v) is 6.03. The van der Waals surface area contributed by atoms with Gasteiger partial charge in [0.2, 0.25) is 17.7 Å². The third-order valence-electron chi connectivity index (χ3n) is 4.33. The number of amides is 3. The van der Waals surface area contributed by atoms with Crippen LogP contribution in [0, 0.1) is 0 Å². The number of nitrogens with one attached hydrogen (secondary N) is 1. The van der Waals surface area contributed by atoms with Crippen molar-refractivity contribution in [3.8, 4) is 11.5 Å². The van der Waals surface area contributed by atoms with Crippen molar-refractivity contribution in [2.75, 3.05) is 40.4 Å². The Morgan fingerprint density at radius 1 is 1.00 bits per heavy atom. The number of ether oxygens (including phenoxy) is 2. The van der Waals surface area contributed by atoms with E-state index in [1.54, 1.807) is 36.2 Å². The van der Waals surface area contributed by atoms with E-state index in [4.69, 9.17) is 9.47 Å². The molecular weight excluding hydrogens is 338 g/mol. The van der Waals surface area contributed by atoms with Gasteiger partial charge in [0.15, 0.2) is 11.5 Å². The molecule has 0 spiro atoms. The zero-order valence-electron chi connectivity index (χ0n) is 15.4. The molecule has 1 fully saturated rings. The number of nitrogens with zero attached hydrogens (tertiary/aromatic N) is 2. The van der Waals surface area contributed by atoms with Gasteiger partial charge in [0.1, 0.15) is 6.42 Å². The summed E-state index contributed by atoms with van der Waals surface area (Å²) in [5.74, 6) is 0.641. The SMILES string of the molecule is COc1ccc(CNC(=O)CC(=O)N2CCN(C(C)=O)CC2)cc1OC. The van der Waals surface area contributed by atoms with Crippen LogP contribution in [0.1, 0.15) is 18.9 Å². The first-order valence-electron chi connectivity index (χ1n) is 8.45. The van der Waals surface area contributed by atoms with Crippen LogP contribution in [0.5, 0.6) is 11.5 Å². The van der Waals surface area contributed by atoms with E-state index in [9.17, 15) is 14.4 Å². The summed E-state index contributed by atoms with van der Waals surface area (Å²) in [6.07, 6.45) is -0.201. The minimum absolute atomic E-state index is 0.00441. The van der Waals surface area contributed by atoms with Gasteiger partial charge in [0.05, 0.1) is 14.2 Å². The Balaban J connectivity index is 1.80. The van der Waals surface area contributed by atoms with Gasteiger partial charge in [-0.15, -0.1) is 0 Å². The van der Waals surface area contributed by atoms with E-state index < -0.39 is 0 Å². The lowest BCUT2D eigenvalue weighted by atomic mass is 10.2. The smallest absolute Gasteiger partial charge is 0.232 e. The summed E-state index contributed by atoms with van der Waals surface area (Å²) in [6.45, 7) is 3.75. The topological polar surface area (TPSA) is 88.2 Å². The van der Waals surface area contributed by atoms with E-state index in [1.165, 1.54) is 6.92 Å². The molecule has 3 amide bonds. The molecular formula is C18H25N3O5. The van der Waals surface area contributed by atoms with Gasteiger partial charge in [0.25, 0.3) is 0 Å². The fourth-order valence-electron chi connectivity index (χ4n) is 2.77. The van der Waals surface area contributed by atoms with Crippen molar-refractivity contribution in [2.24, 2.45) is 0 Å². The predicted molar refractivity (Wildman–Crippen MR) is 94.8 cm³/mol. The molecule has 0 aromatic heterocycles. The Labute approximate surface area is 153 Å². The first-order valence-corrected chi connectivity index (χ1v) is 8.45. The van der Waals surface area contributed by atoms with Crippen LogP contribution in [0.4, 0.5) is 0 Å². The third kappa shape index (κ3) is 5.11. The number of carbonyl (C=O) groups excluding carboxylic acids is 3. The molecule has 1 aliphatic heterocycles. The van der Waals surface area contributed by atoms with Crippen LogP contribution >= 0.6 is 0 Å². The standard InChI is InChI=1S/C18H25N3O5/c1-13(22)20-6-8-21(9-7-20)18(24)11-17(23)19-12-14-4-5-15(25-2)16(10-14)26-3/h4-5,10H,6-9,11-12H2,1-3H3,(H,19,23). The number of methoxy groups -OCH3 is 2. The van der Waals surface area contributed by atoms with E-state index in [0.29, 0.717) is 44.2 Å². The second kappa shape index (κ2) is 9.07. The molecule has 1 saturated heterocycles. The van der Waals surface area contributed by atoms with E-state index in [-0.39, 0.29) is 24.1 Å². The van der Waals surface area contributed by atoms with Crippen molar-refractivity contribution in [3.63, 3.8) is 0 Å². The van der Waals surface area contributed by atoms with E-state index in [0.717, 1.165) is 5.56 Å². The number of hydrogen-bond donors (Lipinski definition) is 1. The molecule has 0 unspecified atom stereocenters. The molecule has 1 heterocycles. The molecule has 8 nitrogen and oxygen atoms in total. The van der Waals surface area contributed by atoms with Gasteiger partial charge < -0.3 is 24.6 Å². The molecule has 142 valence electrons. The number of hydrogen-bond acceptors (Lipinski definition) is 5. The van der Waals surface area contributed by atoms with Crippen LogP contribution in [0.15, 0.2) is 18.2 Å².